The van der Waals surface area contributed by atoms with Crippen molar-refractivity contribution in [2.45, 2.75) is 51.4 Å². The second-order valence-electron chi connectivity index (χ2n) is 24.7. The third-order valence-electron chi connectivity index (χ3n) is 18.3. The highest BCUT2D eigenvalue weighted by Gasteiger charge is 2.16. The molecule has 0 unspecified atom stereocenters. The molecule has 12 aromatic rings. The molecule has 5 N–H and O–H groups in total. The first-order chi connectivity index (χ1) is 52.1. The Morgan fingerprint density at radius 2 is 0.402 bits per heavy atom. The molecule has 554 valence electrons. The van der Waals surface area contributed by atoms with Crippen LogP contribution in [-0.2, 0) is 51.4 Å². The summed E-state index contributed by atoms with van der Waals surface area (Å²) < 4.78 is 58.0. The third-order valence-corrected chi connectivity index (χ3v) is 18.3. The fourth-order valence-electron chi connectivity index (χ4n) is 12.6. The summed E-state index contributed by atoms with van der Waals surface area (Å²) in [7, 11) is 17.6. The van der Waals surface area contributed by atoms with Crippen molar-refractivity contribution in [3.05, 3.63) is 287 Å². The summed E-state index contributed by atoms with van der Waals surface area (Å²) in [6.45, 7) is 0. The van der Waals surface area contributed by atoms with E-state index >= 15 is 0 Å². The lowest BCUT2D eigenvalue weighted by Gasteiger charge is -2.13. The maximum Gasteiger partial charge on any atom is 0.161 e. The minimum atomic E-state index is 0.127. The van der Waals surface area contributed by atoms with Crippen LogP contribution in [0.25, 0.3) is 44.5 Å². The maximum atomic E-state index is 10.1. The van der Waals surface area contributed by atoms with E-state index in [-0.39, 0.29) is 28.7 Å². The molecule has 0 aliphatic heterocycles. The number of aromatic hydroxyl groups is 5. The molecular formula is C91H94O16. The van der Waals surface area contributed by atoms with Gasteiger partial charge in [-0.05, 0) is 237 Å². The highest BCUT2D eigenvalue weighted by Crippen LogP contribution is 2.40. The quantitative estimate of drug-likeness (QED) is 0.0325. The fourth-order valence-corrected chi connectivity index (χ4v) is 12.6. The Labute approximate surface area is 627 Å². The van der Waals surface area contributed by atoms with Crippen LogP contribution in [0, 0.1) is 0 Å². The van der Waals surface area contributed by atoms with E-state index in [0.29, 0.717) is 40.2 Å². The molecule has 0 aromatic heterocycles. The smallest absolute Gasteiger partial charge is 0.161 e. The number of phenols is 5. The van der Waals surface area contributed by atoms with Gasteiger partial charge in [-0.25, -0.2) is 0 Å². The Morgan fingerprint density at radius 1 is 0.178 bits per heavy atom. The lowest BCUT2D eigenvalue weighted by Crippen LogP contribution is -1.97. The zero-order valence-corrected chi connectivity index (χ0v) is 62.5. The van der Waals surface area contributed by atoms with Gasteiger partial charge in [-0.2, -0.15) is 0 Å². The monoisotopic (exact) mass is 1440 g/mol. The standard InChI is InChI=1S/3C23H24O4.C22H22O4/c1-25-21-13-9-16(14-23(21)27-3)8-10-17-6-4-5-7-19(17)18-11-12-20(24)22(15-18)26-2;1-25-21-13-11-18(15-20(21)24)19-7-5-4-6-17(19)10-8-16-9-12-22(26-2)23(14-16)27-3;1-25-21-12-9-16(14-20(21)24)8-10-17-6-4-5-7-19(17)18-11-13-22(26-2)23(15-18)27-3;1-25-21-12-8-15(13-20(21)24)7-9-16-5-3-4-6-18(16)17-10-11-19(23)22(14-17)26-2/h3*4-7,9,11-15,24H,8,10H2,1-3H3;3-6,8,10-14,23-24H,7,9H2,1-2H3. The number of ether oxygens (including phenoxy) is 11. The Hall–Kier alpha value is -12.6. The zero-order valence-electron chi connectivity index (χ0n) is 62.5. The predicted octanol–water partition coefficient (Wildman–Crippen LogP) is 19.2. The molecule has 16 nitrogen and oxygen atoms in total. The predicted molar refractivity (Wildman–Crippen MR) is 423 cm³/mol. The second kappa shape index (κ2) is 39.4. The number of phenolic OH excluding ortho intramolecular Hbond substituents is 5. The normalized spacial score (nSPS) is 10.5. The van der Waals surface area contributed by atoms with Gasteiger partial charge in [0.05, 0.1) is 78.2 Å². The maximum absolute atomic E-state index is 10.1. The average Bonchev–Trinajstić information content (AvgIpc) is 0.811. The van der Waals surface area contributed by atoms with Crippen LogP contribution >= 0.6 is 0 Å². The van der Waals surface area contributed by atoms with E-state index in [1.165, 1.54) is 40.5 Å². The van der Waals surface area contributed by atoms with E-state index < -0.39 is 0 Å². The van der Waals surface area contributed by atoms with Gasteiger partial charge in [0, 0.05) is 0 Å². The Morgan fingerprint density at radius 3 is 0.692 bits per heavy atom. The molecule has 0 heterocycles. The number of methoxy groups -OCH3 is 11. The molecule has 0 saturated heterocycles. The molecule has 0 aliphatic rings. The third kappa shape index (κ3) is 20.9. The fraction of sp³-hybridized carbons (Fsp3) is 0.209. The molecule has 0 atom stereocenters. The summed E-state index contributed by atoms with van der Waals surface area (Å²) in [5.74, 6) is 7.48. The minimum Gasteiger partial charge on any atom is -0.504 e. The van der Waals surface area contributed by atoms with Crippen LogP contribution in [0.3, 0.4) is 0 Å². The highest BCUT2D eigenvalue weighted by atomic mass is 16.5. The van der Waals surface area contributed by atoms with E-state index in [0.717, 1.165) is 130 Å². The first-order valence-electron chi connectivity index (χ1n) is 34.9. The molecule has 12 aromatic carbocycles. The van der Waals surface area contributed by atoms with Crippen molar-refractivity contribution < 1.29 is 77.6 Å². The van der Waals surface area contributed by atoms with E-state index in [2.05, 4.69) is 60.7 Å². The van der Waals surface area contributed by atoms with Crippen molar-refractivity contribution in [3.8, 4) is 136 Å². The van der Waals surface area contributed by atoms with Crippen LogP contribution in [0.1, 0.15) is 44.5 Å². The zero-order chi connectivity index (χ0) is 76.2. The topological polar surface area (TPSA) is 203 Å². The highest BCUT2D eigenvalue weighted by molar-refractivity contribution is 5.74. The molecule has 0 saturated carbocycles. The summed E-state index contributed by atoms with van der Waals surface area (Å²) >= 11 is 0. The lowest BCUT2D eigenvalue weighted by atomic mass is 9.95. The van der Waals surface area contributed by atoms with Crippen LogP contribution in [0.4, 0.5) is 0 Å². The van der Waals surface area contributed by atoms with Crippen molar-refractivity contribution in [3.63, 3.8) is 0 Å². The van der Waals surface area contributed by atoms with Crippen molar-refractivity contribution in [1.29, 1.82) is 0 Å². The molecule has 0 bridgehead atoms. The van der Waals surface area contributed by atoms with Gasteiger partial charge in [-0.1, -0.05) is 146 Å². The first-order valence-corrected chi connectivity index (χ1v) is 34.9. The van der Waals surface area contributed by atoms with Crippen LogP contribution in [0.2, 0.25) is 0 Å². The molecule has 107 heavy (non-hydrogen) atoms. The lowest BCUT2D eigenvalue weighted by molar-refractivity contribution is 0.354. The number of hydrogen-bond donors (Lipinski definition) is 5. The summed E-state index contributed by atoms with van der Waals surface area (Å²) in [4.78, 5) is 0. The SMILES string of the molecule is COc1cc(-c2ccccc2CCc2ccc(OC)c(OC)c2)ccc1O.COc1ccc(-c2ccccc2CCc2ccc(OC)c(OC)c2)cc1O.COc1ccc(CCc2ccccc2-c2ccc(O)c(OC)c2)cc1O.COc1ccc(CCc2ccccc2-c2ccc(OC)c(OC)c2)cc1O. The van der Waals surface area contributed by atoms with Crippen molar-refractivity contribution >= 4 is 0 Å². The molecule has 12 rings (SSSR count). The molecule has 16 heteroatoms. The Kier molecular flexibility index (Phi) is 28.9. The van der Waals surface area contributed by atoms with Crippen molar-refractivity contribution in [2.75, 3.05) is 78.2 Å². The van der Waals surface area contributed by atoms with E-state index in [4.69, 9.17) is 52.1 Å². The van der Waals surface area contributed by atoms with Crippen molar-refractivity contribution in [1.82, 2.24) is 0 Å². The van der Waals surface area contributed by atoms with Gasteiger partial charge in [0.2, 0.25) is 0 Å². The van der Waals surface area contributed by atoms with Gasteiger partial charge in [-0.15, -0.1) is 0 Å². The number of aryl methyl sites for hydroxylation is 8. The van der Waals surface area contributed by atoms with Crippen molar-refractivity contribution in [2.24, 2.45) is 0 Å². The van der Waals surface area contributed by atoms with E-state index in [1.807, 2.05) is 133 Å². The van der Waals surface area contributed by atoms with Crippen LogP contribution < -0.4 is 52.1 Å². The Balaban J connectivity index is 0.000000165. The van der Waals surface area contributed by atoms with E-state index in [1.54, 1.807) is 120 Å². The van der Waals surface area contributed by atoms with Gasteiger partial charge in [0.25, 0.3) is 0 Å². The average molecular weight is 1440 g/mol. The summed E-state index contributed by atoms with van der Waals surface area (Å²) in [5.41, 5.74) is 17.9. The molecule has 0 spiro atoms. The minimum absolute atomic E-state index is 0.127. The summed E-state index contributed by atoms with van der Waals surface area (Å²) in [6.07, 6.45) is 6.81. The van der Waals surface area contributed by atoms with Gasteiger partial charge in [0.1, 0.15) is 0 Å². The molecule has 0 fully saturated rings. The second-order valence-corrected chi connectivity index (χ2v) is 24.7. The van der Waals surface area contributed by atoms with Gasteiger partial charge in [0.15, 0.2) is 92.0 Å². The number of benzene rings is 12. The van der Waals surface area contributed by atoms with E-state index in [9.17, 15) is 25.5 Å². The largest absolute Gasteiger partial charge is 0.504 e. The Bertz CT molecular complexity index is 4870. The van der Waals surface area contributed by atoms with Crippen LogP contribution in [0.5, 0.6) is 92.0 Å². The summed E-state index contributed by atoms with van der Waals surface area (Å²) in [6, 6.07) is 78.4. The van der Waals surface area contributed by atoms with Gasteiger partial charge in [-0.3, -0.25) is 0 Å². The molecule has 0 amide bonds. The van der Waals surface area contributed by atoms with Crippen LogP contribution in [-0.4, -0.2) is 104 Å². The van der Waals surface area contributed by atoms with Gasteiger partial charge < -0.3 is 77.6 Å². The van der Waals surface area contributed by atoms with Crippen LogP contribution in [0.15, 0.2) is 243 Å². The summed E-state index contributed by atoms with van der Waals surface area (Å²) in [5, 5.41) is 49.7. The molecule has 0 radical (unpaired) electrons. The molecule has 0 aliphatic carbocycles. The number of hydrogen-bond acceptors (Lipinski definition) is 16. The molecular weight excluding hydrogens is 1350 g/mol. The first kappa shape index (κ1) is 78.6. The number of rotatable bonds is 27. The van der Waals surface area contributed by atoms with Gasteiger partial charge >= 0.3 is 0 Å².